The molecule has 4 atom stereocenters. The van der Waals surface area contributed by atoms with E-state index in [1.807, 2.05) is 0 Å². The fourth-order valence-electron chi connectivity index (χ4n) is 5.93. The number of nitrogens with zero attached hydrogens (tertiary/aromatic N) is 1. The second kappa shape index (κ2) is 9.21. The standard InChI is InChI=1S/C26H30FN3O8/c1-9(2)5-15(31)29-14-8-13(27)11-6-10-7-12-19(30(3)4)22(34)18(25(28)37)24(36)26(12,38)23(35)16(10)21(33)17(11)20(14)32/h8-10,12,19,32-33,36,38H,5-7H2,1-4H3,(H2,28,37)(H,29,31)/t10-,12-,19-,26-/m0/s1. The molecule has 1 saturated carbocycles. The number of Topliss-reactive ketones (excluding diaryl/α,β-unsaturated/α-hetero) is 2. The molecular formula is C26H30FN3O8. The van der Waals surface area contributed by atoms with Crippen molar-refractivity contribution in [2.24, 2.45) is 23.5 Å². The van der Waals surface area contributed by atoms with Gasteiger partial charge in [-0.15, -0.1) is 0 Å². The van der Waals surface area contributed by atoms with E-state index < -0.39 is 86.7 Å². The van der Waals surface area contributed by atoms with Gasteiger partial charge in [0.1, 0.15) is 22.9 Å². The maximum Gasteiger partial charge on any atom is 0.255 e. The Labute approximate surface area is 217 Å². The highest BCUT2D eigenvalue weighted by molar-refractivity contribution is 6.24. The lowest BCUT2D eigenvalue weighted by Crippen LogP contribution is -2.65. The number of ketones is 2. The number of aliphatic hydroxyl groups excluding tert-OH is 2. The average Bonchev–Trinajstić information content (AvgIpc) is 2.78. The average molecular weight is 532 g/mol. The predicted molar refractivity (Wildman–Crippen MR) is 132 cm³/mol. The molecule has 3 aliphatic carbocycles. The van der Waals surface area contributed by atoms with Crippen LogP contribution in [-0.2, 0) is 25.6 Å². The van der Waals surface area contributed by atoms with Crippen LogP contribution >= 0.6 is 0 Å². The molecule has 0 unspecified atom stereocenters. The van der Waals surface area contributed by atoms with Crippen molar-refractivity contribution in [3.05, 3.63) is 39.9 Å². The number of benzene rings is 1. The molecule has 1 fully saturated rings. The number of amides is 2. The van der Waals surface area contributed by atoms with E-state index in [2.05, 4.69) is 5.32 Å². The number of aromatic hydroxyl groups is 1. The third-order valence-corrected chi connectivity index (χ3v) is 7.53. The van der Waals surface area contributed by atoms with Gasteiger partial charge >= 0.3 is 0 Å². The molecule has 0 aliphatic heterocycles. The van der Waals surface area contributed by atoms with Crippen LogP contribution in [0.2, 0.25) is 0 Å². The first-order valence-electron chi connectivity index (χ1n) is 12.1. The van der Waals surface area contributed by atoms with Crippen LogP contribution < -0.4 is 11.1 Å². The van der Waals surface area contributed by atoms with Crippen molar-refractivity contribution >= 4 is 34.8 Å². The normalized spacial score (nSPS) is 26.9. The van der Waals surface area contributed by atoms with Gasteiger partial charge in [-0.3, -0.25) is 24.1 Å². The number of carbonyl (C=O) groups is 4. The number of halogens is 1. The van der Waals surface area contributed by atoms with Gasteiger partial charge in [0.05, 0.1) is 17.3 Å². The van der Waals surface area contributed by atoms with Crippen LogP contribution in [-0.4, -0.2) is 74.4 Å². The minimum atomic E-state index is -2.79. The number of primary amides is 1. The van der Waals surface area contributed by atoms with E-state index in [0.717, 1.165) is 6.07 Å². The summed E-state index contributed by atoms with van der Waals surface area (Å²) in [4.78, 5) is 52.5. The fourth-order valence-corrected chi connectivity index (χ4v) is 5.93. The van der Waals surface area contributed by atoms with E-state index in [4.69, 9.17) is 5.73 Å². The molecule has 38 heavy (non-hydrogen) atoms. The first kappa shape index (κ1) is 27.3. The molecule has 11 nitrogen and oxygen atoms in total. The zero-order valence-corrected chi connectivity index (χ0v) is 21.3. The van der Waals surface area contributed by atoms with Crippen molar-refractivity contribution in [1.29, 1.82) is 0 Å². The molecule has 0 aromatic heterocycles. The van der Waals surface area contributed by atoms with Crippen LogP contribution in [0.5, 0.6) is 5.75 Å². The molecule has 0 spiro atoms. The molecule has 1 aromatic rings. The van der Waals surface area contributed by atoms with Crippen molar-refractivity contribution in [2.45, 2.75) is 44.8 Å². The zero-order chi connectivity index (χ0) is 28.4. The molecule has 12 heteroatoms. The van der Waals surface area contributed by atoms with E-state index in [-0.39, 0.29) is 36.4 Å². The summed E-state index contributed by atoms with van der Waals surface area (Å²) in [5, 5.41) is 46.9. The monoisotopic (exact) mass is 531 g/mol. The Bertz CT molecular complexity index is 1350. The lowest BCUT2D eigenvalue weighted by molar-refractivity contribution is -0.153. The minimum absolute atomic E-state index is 0.0242. The van der Waals surface area contributed by atoms with Crippen molar-refractivity contribution in [3.63, 3.8) is 0 Å². The van der Waals surface area contributed by atoms with Crippen LogP contribution in [0.15, 0.2) is 23.0 Å². The quantitative estimate of drug-likeness (QED) is 0.238. The zero-order valence-electron chi connectivity index (χ0n) is 21.3. The molecule has 1 aromatic carbocycles. The van der Waals surface area contributed by atoms with E-state index in [9.17, 15) is 39.6 Å². The minimum Gasteiger partial charge on any atom is -0.508 e. The van der Waals surface area contributed by atoms with Gasteiger partial charge in [-0.1, -0.05) is 13.8 Å². The molecule has 0 radical (unpaired) electrons. The molecule has 3 aliphatic rings. The predicted octanol–water partition coefficient (Wildman–Crippen LogP) is 1.09. The number of fused-ring (bicyclic) bond motifs is 3. The Morgan fingerprint density at radius 3 is 2.42 bits per heavy atom. The Morgan fingerprint density at radius 1 is 1.24 bits per heavy atom. The van der Waals surface area contributed by atoms with Crippen LogP contribution in [0.3, 0.4) is 0 Å². The molecule has 0 saturated heterocycles. The number of hydrogen-bond acceptors (Lipinski definition) is 9. The van der Waals surface area contributed by atoms with E-state index >= 15 is 4.39 Å². The summed E-state index contributed by atoms with van der Waals surface area (Å²) < 4.78 is 15.2. The Hall–Kier alpha value is -3.77. The van der Waals surface area contributed by atoms with E-state index in [0.29, 0.717) is 0 Å². The smallest absolute Gasteiger partial charge is 0.255 e. The van der Waals surface area contributed by atoms with Crippen LogP contribution in [0.4, 0.5) is 10.1 Å². The van der Waals surface area contributed by atoms with Crippen LogP contribution in [0, 0.1) is 23.6 Å². The number of phenols is 1. The number of aliphatic hydroxyl groups is 3. The summed E-state index contributed by atoms with van der Waals surface area (Å²) in [7, 11) is 2.97. The largest absolute Gasteiger partial charge is 0.508 e. The Kier molecular flexibility index (Phi) is 6.61. The molecule has 4 rings (SSSR count). The first-order valence-corrected chi connectivity index (χ1v) is 12.1. The number of phenolic OH excluding ortho intramolecular Hbond substituents is 1. The molecule has 0 bridgehead atoms. The van der Waals surface area contributed by atoms with E-state index in [1.165, 1.54) is 19.0 Å². The lowest BCUT2D eigenvalue weighted by Gasteiger charge is -2.50. The summed E-state index contributed by atoms with van der Waals surface area (Å²) in [6.45, 7) is 3.59. The Morgan fingerprint density at radius 2 is 1.87 bits per heavy atom. The van der Waals surface area contributed by atoms with Gasteiger partial charge < -0.3 is 31.5 Å². The van der Waals surface area contributed by atoms with Crippen molar-refractivity contribution in [2.75, 3.05) is 19.4 Å². The highest BCUT2D eigenvalue weighted by atomic mass is 19.1. The third kappa shape index (κ3) is 3.86. The van der Waals surface area contributed by atoms with Gasteiger partial charge in [0, 0.05) is 29.5 Å². The molecule has 0 heterocycles. The molecular weight excluding hydrogens is 501 g/mol. The SMILES string of the molecule is CC(C)CC(=O)Nc1cc(F)c2c(c1O)C(O)=C1C(=O)[C@]3(O)C(O)=C(C(N)=O)C(=O)[C@@H](N(C)C)[C@@H]3C[C@@H]1C2. The fraction of sp³-hybridized carbons (Fsp3) is 0.462. The summed E-state index contributed by atoms with van der Waals surface area (Å²) >= 11 is 0. The Balaban J connectivity index is 1.90. The van der Waals surface area contributed by atoms with Gasteiger partial charge in [0.2, 0.25) is 11.7 Å². The number of hydrogen-bond donors (Lipinski definition) is 6. The number of likely N-dealkylation sites (N-methyl/N-ethyl adjacent to an activating group) is 1. The molecule has 7 N–H and O–H groups in total. The van der Waals surface area contributed by atoms with Gasteiger partial charge in [-0.25, -0.2) is 4.39 Å². The van der Waals surface area contributed by atoms with Gasteiger partial charge in [0.15, 0.2) is 17.1 Å². The number of rotatable bonds is 5. The van der Waals surface area contributed by atoms with Gasteiger partial charge in [0.25, 0.3) is 5.91 Å². The van der Waals surface area contributed by atoms with Gasteiger partial charge in [-0.05, 0) is 38.8 Å². The summed E-state index contributed by atoms with van der Waals surface area (Å²) in [6, 6.07) is -0.309. The lowest BCUT2D eigenvalue weighted by atomic mass is 9.57. The molecule has 2 amide bonds. The highest BCUT2D eigenvalue weighted by Gasteiger charge is 2.64. The van der Waals surface area contributed by atoms with Gasteiger partial charge in [-0.2, -0.15) is 0 Å². The number of nitrogens with two attached hydrogens (primary N) is 1. The number of carbonyl (C=O) groups excluding carboxylic acids is 4. The maximum absolute atomic E-state index is 15.2. The first-order chi connectivity index (χ1) is 17.6. The third-order valence-electron chi connectivity index (χ3n) is 7.53. The van der Waals surface area contributed by atoms with Crippen LogP contribution in [0.1, 0.15) is 37.8 Å². The topological polar surface area (TPSA) is 190 Å². The highest BCUT2D eigenvalue weighted by Crippen LogP contribution is 2.53. The second-order valence-electron chi connectivity index (χ2n) is 10.7. The summed E-state index contributed by atoms with van der Waals surface area (Å²) in [5.74, 6) is -9.66. The number of anilines is 1. The van der Waals surface area contributed by atoms with Crippen molar-refractivity contribution in [3.8, 4) is 5.75 Å². The summed E-state index contributed by atoms with van der Waals surface area (Å²) in [5.41, 5.74) is 0.319. The summed E-state index contributed by atoms with van der Waals surface area (Å²) in [6.07, 6.45) is -0.257. The maximum atomic E-state index is 15.2. The van der Waals surface area contributed by atoms with Crippen molar-refractivity contribution < 1.29 is 44.0 Å². The van der Waals surface area contributed by atoms with Crippen LogP contribution in [0.25, 0.3) is 5.76 Å². The second-order valence-corrected chi connectivity index (χ2v) is 10.7. The van der Waals surface area contributed by atoms with Crippen molar-refractivity contribution in [1.82, 2.24) is 4.90 Å². The van der Waals surface area contributed by atoms with E-state index in [1.54, 1.807) is 13.8 Å². The molecule has 204 valence electrons. The number of nitrogens with one attached hydrogen (secondary N) is 1.